The average molecular weight is 364 g/mol. The smallest absolute Gasteiger partial charge is 0.232 e. The molecular formula is C16H21FN6OS. The van der Waals surface area contributed by atoms with Crippen molar-refractivity contribution in [3.63, 3.8) is 0 Å². The fraction of sp³-hybridized carbons (Fsp3) is 0.375. The SMILES string of the molecule is CCCCNC(=O)CSCc1nc(N)nc(Nc2ccc(F)cc2)n1. The second-order valence-electron chi connectivity index (χ2n) is 5.26. The monoisotopic (exact) mass is 364 g/mol. The van der Waals surface area contributed by atoms with Gasteiger partial charge in [-0.05, 0) is 30.7 Å². The molecule has 1 heterocycles. The molecule has 9 heteroatoms. The average Bonchev–Trinajstić information content (AvgIpc) is 2.57. The lowest BCUT2D eigenvalue weighted by molar-refractivity contribution is -0.118. The third-order valence-corrected chi connectivity index (χ3v) is 4.04. The van der Waals surface area contributed by atoms with E-state index in [1.165, 1.54) is 23.9 Å². The molecule has 0 spiro atoms. The minimum atomic E-state index is -0.324. The number of carbonyl (C=O) groups excluding carboxylic acids is 1. The number of thioether (sulfide) groups is 1. The van der Waals surface area contributed by atoms with Crippen LogP contribution in [0.25, 0.3) is 0 Å². The van der Waals surface area contributed by atoms with E-state index in [0.717, 1.165) is 12.8 Å². The number of anilines is 3. The van der Waals surface area contributed by atoms with Gasteiger partial charge in [-0.2, -0.15) is 15.0 Å². The summed E-state index contributed by atoms with van der Waals surface area (Å²) >= 11 is 1.40. The van der Waals surface area contributed by atoms with Crippen LogP contribution in [0.5, 0.6) is 0 Å². The lowest BCUT2D eigenvalue weighted by Crippen LogP contribution is -2.26. The molecule has 0 atom stereocenters. The Labute approximate surface area is 150 Å². The Morgan fingerprint density at radius 2 is 2.00 bits per heavy atom. The van der Waals surface area contributed by atoms with Crippen molar-refractivity contribution in [3.8, 4) is 0 Å². The number of nitrogens with one attached hydrogen (secondary N) is 2. The van der Waals surface area contributed by atoms with E-state index >= 15 is 0 Å². The van der Waals surface area contributed by atoms with Crippen molar-refractivity contribution in [3.05, 3.63) is 35.9 Å². The molecule has 1 aromatic carbocycles. The van der Waals surface area contributed by atoms with Gasteiger partial charge < -0.3 is 16.4 Å². The minimum Gasteiger partial charge on any atom is -0.368 e. The number of hydrogen-bond donors (Lipinski definition) is 3. The molecule has 2 rings (SSSR count). The highest BCUT2D eigenvalue weighted by molar-refractivity contribution is 7.99. The van der Waals surface area contributed by atoms with Crippen LogP contribution < -0.4 is 16.4 Å². The Balaban J connectivity index is 1.88. The quantitative estimate of drug-likeness (QED) is 0.587. The number of nitrogens with two attached hydrogens (primary N) is 1. The number of unbranched alkanes of at least 4 members (excludes halogenated alkanes) is 1. The molecule has 0 saturated heterocycles. The predicted molar refractivity (Wildman–Crippen MR) is 98.0 cm³/mol. The Hall–Kier alpha value is -2.42. The maximum Gasteiger partial charge on any atom is 0.232 e. The number of carbonyl (C=O) groups is 1. The number of hydrogen-bond acceptors (Lipinski definition) is 7. The highest BCUT2D eigenvalue weighted by Crippen LogP contribution is 2.16. The summed E-state index contributed by atoms with van der Waals surface area (Å²) in [6.45, 7) is 2.77. The van der Waals surface area contributed by atoms with Gasteiger partial charge in [-0.15, -0.1) is 11.8 Å². The van der Waals surface area contributed by atoms with Gasteiger partial charge in [0.1, 0.15) is 11.6 Å². The number of aromatic nitrogens is 3. The summed E-state index contributed by atoms with van der Waals surface area (Å²) in [5, 5.41) is 5.80. The van der Waals surface area contributed by atoms with Crippen LogP contribution in [0.1, 0.15) is 25.6 Å². The van der Waals surface area contributed by atoms with E-state index in [-0.39, 0.29) is 23.6 Å². The molecule has 25 heavy (non-hydrogen) atoms. The van der Waals surface area contributed by atoms with Crippen LogP contribution in [0.2, 0.25) is 0 Å². The third kappa shape index (κ3) is 6.92. The van der Waals surface area contributed by atoms with Crippen molar-refractivity contribution in [1.82, 2.24) is 20.3 Å². The summed E-state index contributed by atoms with van der Waals surface area (Å²) in [7, 11) is 0. The van der Waals surface area contributed by atoms with Crippen LogP contribution >= 0.6 is 11.8 Å². The number of benzene rings is 1. The molecule has 0 aliphatic heterocycles. The van der Waals surface area contributed by atoms with Crippen LogP contribution in [-0.4, -0.2) is 33.2 Å². The molecule has 0 radical (unpaired) electrons. The number of amides is 1. The molecule has 0 fully saturated rings. The van der Waals surface area contributed by atoms with Crippen LogP contribution in [0, 0.1) is 5.82 Å². The molecular weight excluding hydrogens is 343 g/mol. The second kappa shape index (κ2) is 9.77. The lowest BCUT2D eigenvalue weighted by Gasteiger charge is -2.07. The maximum absolute atomic E-state index is 12.9. The van der Waals surface area contributed by atoms with Gasteiger partial charge in [-0.3, -0.25) is 4.79 Å². The molecule has 7 nitrogen and oxygen atoms in total. The van der Waals surface area contributed by atoms with Gasteiger partial charge in [0, 0.05) is 12.2 Å². The number of nitrogens with zero attached hydrogens (tertiary/aromatic N) is 3. The molecule has 1 aromatic heterocycles. The van der Waals surface area contributed by atoms with Crippen LogP contribution in [0.4, 0.5) is 22.0 Å². The van der Waals surface area contributed by atoms with Crippen LogP contribution in [-0.2, 0) is 10.5 Å². The van der Waals surface area contributed by atoms with Crippen molar-refractivity contribution >= 4 is 35.3 Å². The second-order valence-corrected chi connectivity index (χ2v) is 6.25. The normalized spacial score (nSPS) is 10.5. The Kier molecular flexibility index (Phi) is 7.39. The predicted octanol–water partition coefficient (Wildman–Crippen LogP) is 2.49. The first-order valence-corrected chi connectivity index (χ1v) is 9.09. The number of rotatable bonds is 9. The molecule has 0 bridgehead atoms. The van der Waals surface area contributed by atoms with E-state index < -0.39 is 0 Å². The van der Waals surface area contributed by atoms with E-state index in [4.69, 9.17) is 5.73 Å². The molecule has 0 unspecified atom stereocenters. The topological polar surface area (TPSA) is 106 Å². The lowest BCUT2D eigenvalue weighted by atomic mass is 10.3. The van der Waals surface area contributed by atoms with E-state index in [0.29, 0.717) is 29.6 Å². The van der Waals surface area contributed by atoms with Gasteiger partial charge in [0.25, 0.3) is 0 Å². The molecule has 0 aliphatic rings. The highest BCUT2D eigenvalue weighted by Gasteiger charge is 2.07. The standard InChI is InChI=1S/C16H21FN6OS/c1-2-3-8-19-14(24)10-25-9-13-21-15(18)23-16(22-13)20-12-6-4-11(17)5-7-12/h4-7H,2-3,8-10H2,1H3,(H,19,24)(H3,18,20,21,22,23). The molecule has 2 aromatic rings. The summed E-state index contributed by atoms with van der Waals surface area (Å²) in [5.74, 6) is 1.27. The largest absolute Gasteiger partial charge is 0.368 e. The van der Waals surface area contributed by atoms with Gasteiger partial charge in [-0.25, -0.2) is 4.39 Å². The molecule has 134 valence electrons. The molecule has 1 amide bonds. The van der Waals surface area contributed by atoms with E-state index in [9.17, 15) is 9.18 Å². The fourth-order valence-corrected chi connectivity index (χ4v) is 2.61. The first-order valence-electron chi connectivity index (χ1n) is 7.94. The molecule has 4 N–H and O–H groups in total. The number of nitrogen functional groups attached to an aromatic ring is 1. The van der Waals surface area contributed by atoms with Crippen molar-refractivity contribution in [2.24, 2.45) is 0 Å². The zero-order chi connectivity index (χ0) is 18.1. The van der Waals surface area contributed by atoms with Gasteiger partial charge >= 0.3 is 0 Å². The van der Waals surface area contributed by atoms with Crippen molar-refractivity contribution in [2.45, 2.75) is 25.5 Å². The zero-order valence-electron chi connectivity index (χ0n) is 14.0. The fourth-order valence-electron chi connectivity index (χ4n) is 1.91. The summed E-state index contributed by atoms with van der Waals surface area (Å²) < 4.78 is 12.9. The van der Waals surface area contributed by atoms with Crippen molar-refractivity contribution < 1.29 is 9.18 Å². The van der Waals surface area contributed by atoms with E-state index in [1.807, 2.05) is 0 Å². The van der Waals surface area contributed by atoms with Gasteiger partial charge in [-0.1, -0.05) is 13.3 Å². The van der Waals surface area contributed by atoms with Crippen LogP contribution in [0.3, 0.4) is 0 Å². The van der Waals surface area contributed by atoms with Crippen LogP contribution in [0.15, 0.2) is 24.3 Å². The Morgan fingerprint density at radius 1 is 1.24 bits per heavy atom. The van der Waals surface area contributed by atoms with Crippen molar-refractivity contribution in [1.29, 1.82) is 0 Å². The summed E-state index contributed by atoms with van der Waals surface area (Å²) in [5.41, 5.74) is 6.34. The van der Waals surface area contributed by atoms with Crippen molar-refractivity contribution in [2.75, 3.05) is 23.3 Å². The van der Waals surface area contributed by atoms with E-state index in [2.05, 4.69) is 32.5 Å². The van der Waals surface area contributed by atoms with E-state index in [1.54, 1.807) is 12.1 Å². The zero-order valence-corrected chi connectivity index (χ0v) is 14.8. The highest BCUT2D eigenvalue weighted by atomic mass is 32.2. The third-order valence-electron chi connectivity index (χ3n) is 3.12. The minimum absolute atomic E-state index is 0.00913. The summed E-state index contributed by atoms with van der Waals surface area (Å²) in [4.78, 5) is 24.0. The molecule has 0 aliphatic carbocycles. The van der Waals surface area contributed by atoms with Gasteiger partial charge in [0.15, 0.2) is 0 Å². The van der Waals surface area contributed by atoms with Gasteiger partial charge in [0.05, 0.1) is 11.5 Å². The Bertz CT molecular complexity index is 698. The van der Waals surface area contributed by atoms with Gasteiger partial charge in [0.2, 0.25) is 17.8 Å². The first kappa shape index (κ1) is 18.9. The molecule has 0 saturated carbocycles. The Morgan fingerprint density at radius 3 is 2.72 bits per heavy atom. The maximum atomic E-state index is 12.9. The first-order chi connectivity index (χ1) is 12.1. The number of halogens is 1. The summed E-state index contributed by atoms with van der Waals surface area (Å²) in [6, 6.07) is 5.82. The summed E-state index contributed by atoms with van der Waals surface area (Å²) in [6.07, 6.45) is 2.01.